The maximum absolute atomic E-state index is 11.5. The van der Waals surface area contributed by atoms with Gasteiger partial charge in [-0.3, -0.25) is 9.59 Å². The van der Waals surface area contributed by atoms with E-state index in [1.807, 2.05) is 13.8 Å². The van der Waals surface area contributed by atoms with Gasteiger partial charge in [0, 0.05) is 12.3 Å². The predicted octanol–water partition coefficient (Wildman–Crippen LogP) is 2.58. The summed E-state index contributed by atoms with van der Waals surface area (Å²) in [4.78, 5) is 22.4. The molecule has 0 aliphatic heterocycles. The average molecular weight is 222 g/mol. The highest BCUT2D eigenvalue weighted by Gasteiger charge is 2.38. The minimum atomic E-state index is -0.251. The minimum Gasteiger partial charge on any atom is -0.504 e. The van der Waals surface area contributed by atoms with Crippen molar-refractivity contribution in [3.8, 4) is 0 Å². The normalized spacial score (nSPS) is 25.2. The zero-order valence-electron chi connectivity index (χ0n) is 10.2. The molecule has 3 nitrogen and oxygen atoms in total. The van der Waals surface area contributed by atoms with E-state index in [1.165, 1.54) is 13.0 Å². The van der Waals surface area contributed by atoms with Crippen molar-refractivity contribution < 1.29 is 14.7 Å². The molecule has 16 heavy (non-hydrogen) atoms. The first kappa shape index (κ1) is 12.7. The van der Waals surface area contributed by atoms with Crippen molar-refractivity contribution in [2.75, 3.05) is 0 Å². The van der Waals surface area contributed by atoms with Gasteiger partial charge in [-0.05, 0) is 30.9 Å². The van der Waals surface area contributed by atoms with Gasteiger partial charge in [0.2, 0.25) is 0 Å². The lowest BCUT2D eigenvalue weighted by Gasteiger charge is -2.36. The molecule has 88 valence electrons. The van der Waals surface area contributed by atoms with E-state index in [4.69, 9.17) is 0 Å². The van der Waals surface area contributed by atoms with Crippen LogP contribution >= 0.6 is 0 Å². The highest BCUT2D eigenvalue weighted by atomic mass is 16.3. The molecule has 0 heterocycles. The number of hydrogen-bond donors (Lipinski definition) is 1. The number of carbonyl (C=O) groups is 2. The van der Waals surface area contributed by atoms with E-state index in [-0.39, 0.29) is 28.7 Å². The Kier molecular flexibility index (Phi) is 3.36. The first-order valence-corrected chi connectivity index (χ1v) is 5.37. The van der Waals surface area contributed by atoms with Crippen LogP contribution in [-0.4, -0.2) is 16.7 Å². The van der Waals surface area contributed by atoms with Crippen molar-refractivity contribution in [3.05, 3.63) is 23.5 Å². The second-order valence-electron chi connectivity index (χ2n) is 5.07. The quantitative estimate of drug-likeness (QED) is 0.730. The van der Waals surface area contributed by atoms with Crippen LogP contribution < -0.4 is 0 Å². The predicted molar refractivity (Wildman–Crippen MR) is 62.0 cm³/mol. The van der Waals surface area contributed by atoms with Crippen LogP contribution in [0.2, 0.25) is 0 Å². The van der Waals surface area contributed by atoms with Gasteiger partial charge < -0.3 is 5.11 Å². The standard InChI is InChI=1S/C13H18O3/c1-8(14)5-6-10-9(2)12(16)11(15)7-13(10,3)4/h5-6,10,16H,7H2,1-4H3/b6-5+. The molecule has 0 amide bonds. The van der Waals surface area contributed by atoms with E-state index in [2.05, 4.69) is 0 Å². The summed E-state index contributed by atoms with van der Waals surface area (Å²) in [6.45, 7) is 7.16. The third-order valence-electron chi connectivity index (χ3n) is 3.09. The van der Waals surface area contributed by atoms with Gasteiger partial charge in [-0.1, -0.05) is 19.9 Å². The fourth-order valence-electron chi connectivity index (χ4n) is 2.20. The molecule has 0 radical (unpaired) electrons. The van der Waals surface area contributed by atoms with Gasteiger partial charge in [0.25, 0.3) is 0 Å². The molecule has 3 heteroatoms. The van der Waals surface area contributed by atoms with Gasteiger partial charge in [0.1, 0.15) is 0 Å². The van der Waals surface area contributed by atoms with Crippen molar-refractivity contribution in [1.82, 2.24) is 0 Å². The van der Waals surface area contributed by atoms with E-state index in [0.717, 1.165) is 0 Å². The van der Waals surface area contributed by atoms with Gasteiger partial charge >= 0.3 is 0 Å². The number of ketones is 2. The Morgan fingerprint density at radius 1 is 1.50 bits per heavy atom. The van der Waals surface area contributed by atoms with Crippen molar-refractivity contribution >= 4 is 11.6 Å². The minimum absolute atomic E-state index is 0.0278. The summed E-state index contributed by atoms with van der Waals surface area (Å²) >= 11 is 0. The van der Waals surface area contributed by atoms with Gasteiger partial charge in [-0.15, -0.1) is 0 Å². The Morgan fingerprint density at radius 3 is 2.56 bits per heavy atom. The molecule has 0 spiro atoms. The van der Waals surface area contributed by atoms with Crippen LogP contribution in [0.5, 0.6) is 0 Å². The van der Waals surface area contributed by atoms with Crippen LogP contribution in [0.1, 0.15) is 34.1 Å². The second-order valence-corrected chi connectivity index (χ2v) is 5.07. The molecule has 1 aliphatic rings. The van der Waals surface area contributed by atoms with Gasteiger partial charge in [-0.25, -0.2) is 0 Å². The van der Waals surface area contributed by atoms with E-state index in [0.29, 0.717) is 12.0 Å². The summed E-state index contributed by atoms with van der Waals surface area (Å²) in [7, 11) is 0. The Hall–Kier alpha value is -1.38. The highest BCUT2D eigenvalue weighted by Crippen LogP contribution is 2.42. The second kappa shape index (κ2) is 4.24. The van der Waals surface area contributed by atoms with E-state index in [1.54, 1.807) is 13.0 Å². The molecule has 1 N–H and O–H groups in total. The zero-order chi connectivity index (χ0) is 12.5. The Balaban J connectivity index is 3.13. The molecule has 0 saturated heterocycles. The number of carbonyl (C=O) groups excluding carboxylic acids is 2. The van der Waals surface area contributed by atoms with Gasteiger partial charge in [-0.2, -0.15) is 0 Å². The highest BCUT2D eigenvalue weighted by molar-refractivity contribution is 5.95. The monoisotopic (exact) mass is 222 g/mol. The summed E-state index contributed by atoms with van der Waals surface area (Å²) in [5, 5.41) is 9.63. The average Bonchev–Trinajstić information content (AvgIpc) is 2.12. The molecule has 0 aromatic heterocycles. The number of Topliss-reactive ketones (excluding diaryl/α,β-unsaturated/α-hetero) is 1. The largest absolute Gasteiger partial charge is 0.504 e. The third-order valence-corrected chi connectivity index (χ3v) is 3.09. The smallest absolute Gasteiger partial charge is 0.197 e. The number of aliphatic hydroxyl groups is 1. The van der Waals surface area contributed by atoms with E-state index >= 15 is 0 Å². The summed E-state index contributed by atoms with van der Waals surface area (Å²) in [5.74, 6) is -0.443. The molecule has 1 aliphatic carbocycles. The molecule has 0 fully saturated rings. The third kappa shape index (κ3) is 2.40. The SMILES string of the molecule is CC(=O)/C=C/C1C(C)=C(O)C(=O)CC1(C)C. The Labute approximate surface area is 95.9 Å². The maximum Gasteiger partial charge on any atom is 0.197 e. The molecule has 1 rings (SSSR count). The summed E-state index contributed by atoms with van der Waals surface area (Å²) < 4.78 is 0. The van der Waals surface area contributed by atoms with Crippen LogP contribution in [0.15, 0.2) is 23.5 Å². The topological polar surface area (TPSA) is 54.4 Å². The molecular weight excluding hydrogens is 204 g/mol. The molecule has 1 atom stereocenters. The maximum atomic E-state index is 11.5. The van der Waals surface area contributed by atoms with Gasteiger partial charge in [0.05, 0.1) is 0 Å². The van der Waals surface area contributed by atoms with Crippen molar-refractivity contribution in [2.45, 2.75) is 34.1 Å². The molecular formula is C13H18O3. The van der Waals surface area contributed by atoms with E-state index in [9.17, 15) is 14.7 Å². The summed E-state index contributed by atoms with van der Waals surface area (Å²) in [6, 6.07) is 0. The molecule has 0 saturated carbocycles. The molecule has 0 bridgehead atoms. The van der Waals surface area contributed by atoms with Crippen molar-refractivity contribution in [2.24, 2.45) is 11.3 Å². The van der Waals surface area contributed by atoms with Crippen LogP contribution in [0.25, 0.3) is 0 Å². The fourth-order valence-corrected chi connectivity index (χ4v) is 2.20. The fraction of sp³-hybridized carbons (Fsp3) is 0.538. The number of aliphatic hydroxyl groups excluding tert-OH is 1. The Bertz CT molecular complexity index is 386. The lowest BCUT2D eigenvalue weighted by molar-refractivity contribution is -0.121. The molecule has 0 aromatic rings. The number of hydrogen-bond acceptors (Lipinski definition) is 3. The molecule has 1 unspecified atom stereocenters. The number of allylic oxidation sites excluding steroid dienone is 4. The Morgan fingerprint density at radius 2 is 2.06 bits per heavy atom. The van der Waals surface area contributed by atoms with Crippen LogP contribution in [0.3, 0.4) is 0 Å². The van der Waals surface area contributed by atoms with Crippen LogP contribution in [0, 0.1) is 11.3 Å². The summed E-state index contributed by atoms with van der Waals surface area (Å²) in [5.41, 5.74) is 0.401. The summed E-state index contributed by atoms with van der Waals surface area (Å²) in [6.07, 6.45) is 3.59. The first-order chi connectivity index (χ1) is 7.25. The van der Waals surface area contributed by atoms with Crippen LogP contribution in [-0.2, 0) is 9.59 Å². The van der Waals surface area contributed by atoms with E-state index < -0.39 is 0 Å². The van der Waals surface area contributed by atoms with Crippen LogP contribution in [0.4, 0.5) is 0 Å². The lowest BCUT2D eigenvalue weighted by Crippen LogP contribution is -2.33. The number of rotatable bonds is 2. The first-order valence-electron chi connectivity index (χ1n) is 5.37. The van der Waals surface area contributed by atoms with Crippen molar-refractivity contribution in [3.63, 3.8) is 0 Å². The lowest BCUT2D eigenvalue weighted by atomic mass is 9.67. The van der Waals surface area contributed by atoms with Gasteiger partial charge in [0.15, 0.2) is 17.3 Å². The van der Waals surface area contributed by atoms with Crippen molar-refractivity contribution in [1.29, 1.82) is 0 Å². The zero-order valence-corrected chi connectivity index (χ0v) is 10.2. The molecule has 0 aromatic carbocycles.